The second-order valence-corrected chi connectivity index (χ2v) is 7.20. The fourth-order valence-corrected chi connectivity index (χ4v) is 3.88. The first-order valence-electron chi connectivity index (χ1n) is 6.84. The molecule has 1 aromatic carbocycles. The second-order valence-electron chi connectivity index (χ2n) is 6.55. The minimum atomic E-state index is 0.348. The number of nitrogens with zero attached hydrogens (tertiary/aromatic N) is 1. The van der Waals surface area contributed by atoms with Crippen molar-refractivity contribution in [1.82, 2.24) is 0 Å². The number of anilines is 1. The predicted octanol–water partition coefficient (Wildman–Crippen LogP) is 4.49. The third-order valence-electron chi connectivity index (χ3n) is 4.18. The molecule has 0 amide bonds. The van der Waals surface area contributed by atoms with Crippen molar-refractivity contribution in [2.45, 2.75) is 40.2 Å². The highest BCUT2D eigenvalue weighted by atomic mass is 79.9. The lowest BCUT2D eigenvalue weighted by atomic mass is 9.81. The number of hydrogen-bond acceptors (Lipinski definition) is 1. The van der Waals surface area contributed by atoms with Gasteiger partial charge in [-0.25, -0.2) is 0 Å². The summed E-state index contributed by atoms with van der Waals surface area (Å²) in [6.45, 7) is 10.5. The zero-order valence-electron chi connectivity index (χ0n) is 11.9. The summed E-state index contributed by atoms with van der Waals surface area (Å²) in [5, 5.41) is 1.07. The van der Waals surface area contributed by atoms with Crippen LogP contribution in [-0.2, 0) is 6.42 Å². The minimum Gasteiger partial charge on any atom is -0.368 e. The number of fused-ring (bicyclic) bond motifs is 1. The lowest BCUT2D eigenvalue weighted by Gasteiger charge is -2.36. The molecule has 0 fully saturated rings. The van der Waals surface area contributed by atoms with Crippen LogP contribution < -0.4 is 4.90 Å². The van der Waals surface area contributed by atoms with Gasteiger partial charge < -0.3 is 4.90 Å². The molecule has 2 unspecified atom stereocenters. The van der Waals surface area contributed by atoms with Crippen LogP contribution in [0.5, 0.6) is 0 Å². The molecule has 0 aliphatic carbocycles. The highest BCUT2D eigenvalue weighted by Crippen LogP contribution is 2.36. The number of alkyl halides is 1. The van der Waals surface area contributed by atoms with Gasteiger partial charge in [-0.3, -0.25) is 0 Å². The van der Waals surface area contributed by atoms with Crippen LogP contribution in [0.2, 0.25) is 0 Å². The van der Waals surface area contributed by atoms with Gasteiger partial charge in [0.05, 0.1) is 0 Å². The Morgan fingerprint density at radius 2 is 2.00 bits per heavy atom. The zero-order chi connectivity index (χ0) is 13.3. The number of benzene rings is 1. The molecule has 1 nitrogen and oxygen atoms in total. The van der Waals surface area contributed by atoms with Crippen LogP contribution >= 0.6 is 15.9 Å². The average molecular weight is 310 g/mol. The Bertz CT molecular complexity index is 408. The Hall–Kier alpha value is -0.500. The van der Waals surface area contributed by atoms with Crippen LogP contribution in [0.15, 0.2) is 24.3 Å². The Balaban J connectivity index is 2.19. The lowest BCUT2D eigenvalue weighted by molar-refractivity contribution is 0.268. The van der Waals surface area contributed by atoms with Gasteiger partial charge in [0.2, 0.25) is 0 Å². The molecule has 1 aliphatic rings. The van der Waals surface area contributed by atoms with Gasteiger partial charge in [-0.15, -0.1) is 0 Å². The van der Waals surface area contributed by atoms with Crippen molar-refractivity contribution in [2.24, 2.45) is 11.3 Å². The van der Waals surface area contributed by atoms with Crippen LogP contribution in [0.25, 0.3) is 0 Å². The largest absolute Gasteiger partial charge is 0.368 e. The first kappa shape index (κ1) is 13.9. The van der Waals surface area contributed by atoms with Gasteiger partial charge in [-0.2, -0.15) is 0 Å². The highest BCUT2D eigenvalue weighted by Gasteiger charge is 2.31. The molecule has 0 radical (unpaired) electrons. The van der Waals surface area contributed by atoms with E-state index in [1.165, 1.54) is 17.7 Å². The van der Waals surface area contributed by atoms with Gasteiger partial charge in [-0.1, -0.05) is 54.9 Å². The smallest absolute Gasteiger partial charge is 0.0402 e. The molecule has 0 aromatic heterocycles. The second kappa shape index (κ2) is 5.24. The van der Waals surface area contributed by atoms with Crippen LogP contribution in [0, 0.1) is 11.3 Å². The summed E-state index contributed by atoms with van der Waals surface area (Å²) < 4.78 is 0. The van der Waals surface area contributed by atoms with E-state index in [4.69, 9.17) is 0 Å². The molecular weight excluding hydrogens is 286 g/mol. The highest BCUT2D eigenvalue weighted by molar-refractivity contribution is 9.09. The molecule has 2 heteroatoms. The van der Waals surface area contributed by atoms with E-state index in [-0.39, 0.29) is 0 Å². The molecule has 0 bridgehead atoms. The van der Waals surface area contributed by atoms with Crippen molar-refractivity contribution in [2.75, 3.05) is 16.8 Å². The summed E-state index contributed by atoms with van der Waals surface area (Å²) in [5.74, 6) is 0.672. The van der Waals surface area contributed by atoms with Crippen LogP contribution in [0.1, 0.15) is 33.3 Å². The molecule has 0 spiro atoms. The maximum absolute atomic E-state index is 3.69. The number of rotatable bonds is 3. The molecule has 0 N–H and O–H groups in total. The van der Waals surface area contributed by atoms with E-state index in [9.17, 15) is 0 Å². The summed E-state index contributed by atoms with van der Waals surface area (Å²) in [6, 6.07) is 9.48. The molecule has 18 heavy (non-hydrogen) atoms. The monoisotopic (exact) mass is 309 g/mol. The van der Waals surface area contributed by atoms with E-state index in [1.54, 1.807) is 0 Å². The van der Waals surface area contributed by atoms with Gasteiger partial charge in [0.25, 0.3) is 0 Å². The quantitative estimate of drug-likeness (QED) is 0.743. The van der Waals surface area contributed by atoms with Crippen LogP contribution in [0.3, 0.4) is 0 Å². The van der Waals surface area contributed by atoms with E-state index in [2.05, 4.69) is 72.8 Å². The van der Waals surface area contributed by atoms with E-state index in [0.717, 1.165) is 11.9 Å². The first-order valence-corrected chi connectivity index (χ1v) is 7.96. The van der Waals surface area contributed by atoms with Crippen molar-refractivity contribution < 1.29 is 0 Å². The van der Waals surface area contributed by atoms with Crippen LogP contribution in [-0.4, -0.2) is 17.9 Å². The molecule has 1 heterocycles. The van der Waals surface area contributed by atoms with Gasteiger partial charge in [0.1, 0.15) is 0 Å². The van der Waals surface area contributed by atoms with E-state index in [1.807, 2.05) is 0 Å². The predicted molar refractivity (Wildman–Crippen MR) is 83.7 cm³/mol. The fraction of sp³-hybridized carbons (Fsp3) is 0.625. The molecule has 0 saturated carbocycles. The minimum absolute atomic E-state index is 0.348. The van der Waals surface area contributed by atoms with Crippen molar-refractivity contribution in [3.63, 3.8) is 0 Å². The summed E-state index contributed by atoms with van der Waals surface area (Å²) in [6.07, 6.45) is 1.19. The molecule has 1 aliphatic heterocycles. The topological polar surface area (TPSA) is 3.24 Å². The number of hydrogen-bond donors (Lipinski definition) is 0. The third kappa shape index (κ3) is 2.74. The maximum atomic E-state index is 3.69. The van der Waals surface area contributed by atoms with E-state index < -0.39 is 0 Å². The first-order chi connectivity index (χ1) is 8.43. The Morgan fingerprint density at radius 1 is 1.33 bits per heavy atom. The number of para-hydroxylation sites is 1. The Kier molecular flexibility index (Phi) is 4.05. The van der Waals surface area contributed by atoms with E-state index in [0.29, 0.717) is 17.4 Å². The molecule has 2 atom stereocenters. The third-order valence-corrected chi connectivity index (χ3v) is 4.96. The van der Waals surface area contributed by atoms with Crippen molar-refractivity contribution in [3.8, 4) is 0 Å². The average Bonchev–Trinajstić information content (AvgIpc) is 2.60. The Morgan fingerprint density at radius 3 is 2.61 bits per heavy atom. The van der Waals surface area contributed by atoms with Gasteiger partial charge >= 0.3 is 0 Å². The maximum Gasteiger partial charge on any atom is 0.0402 e. The number of halogens is 1. The van der Waals surface area contributed by atoms with Gasteiger partial charge in [0, 0.05) is 23.6 Å². The standard InChI is InChI=1S/C16H24BrN/c1-12-9-13-7-5-6-8-15(13)18(12)11-14(10-17)16(2,3)4/h5-8,12,14H,9-11H2,1-4H3. The summed E-state index contributed by atoms with van der Waals surface area (Å²) >= 11 is 3.69. The lowest BCUT2D eigenvalue weighted by Crippen LogP contribution is -2.39. The molecular formula is C16H24BrN. The van der Waals surface area contributed by atoms with Crippen molar-refractivity contribution >= 4 is 21.6 Å². The fourth-order valence-electron chi connectivity index (χ4n) is 2.70. The molecule has 100 valence electrons. The molecule has 0 saturated heterocycles. The summed E-state index contributed by atoms with van der Waals surface area (Å²) in [7, 11) is 0. The summed E-state index contributed by atoms with van der Waals surface area (Å²) in [4.78, 5) is 2.59. The normalized spacial score (nSPS) is 20.9. The van der Waals surface area contributed by atoms with Crippen molar-refractivity contribution in [1.29, 1.82) is 0 Å². The molecule has 2 rings (SSSR count). The van der Waals surface area contributed by atoms with Gasteiger partial charge in [0.15, 0.2) is 0 Å². The SMILES string of the molecule is CC1Cc2ccccc2N1CC(CBr)C(C)(C)C. The zero-order valence-corrected chi connectivity index (χ0v) is 13.5. The van der Waals surface area contributed by atoms with Gasteiger partial charge in [-0.05, 0) is 36.3 Å². The van der Waals surface area contributed by atoms with E-state index >= 15 is 0 Å². The Labute approximate surface area is 120 Å². The molecule has 1 aromatic rings. The van der Waals surface area contributed by atoms with Crippen LogP contribution in [0.4, 0.5) is 5.69 Å². The van der Waals surface area contributed by atoms with Crippen molar-refractivity contribution in [3.05, 3.63) is 29.8 Å². The summed E-state index contributed by atoms with van der Waals surface area (Å²) in [5.41, 5.74) is 3.30.